The van der Waals surface area contributed by atoms with Crippen molar-refractivity contribution in [1.29, 1.82) is 0 Å². The Kier molecular flexibility index (Phi) is 12.2. The zero-order valence-electron chi connectivity index (χ0n) is 26.4. The molecule has 0 bridgehead atoms. The highest BCUT2D eigenvalue weighted by Gasteiger charge is 2.53. The van der Waals surface area contributed by atoms with Gasteiger partial charge in [0.15, 0.2) is 11.2 Å². The highest BCUT2D eigenvalue weighted by atomic mass is 16.6. The standard InChI is InChI=1S/2C14H26O6/c2*1-7(2)5-14(13(18)19)6-10(16)8(3)12(20-14)11(17)9(4)15/h2*7-12,15-17H,5-6H2,1-4H3,(H,18,19)/i2*4D. The van der Waals surface area contributed by atoms with Crippen LogP contribution in [0.2, 0.25) is 0 Å². The molecule has 2 heterocycles. The summed E-state index contributed by atoms with van der Waals surface area (Å²) in [7, 11) is 0. The normalized spacial score (nSPS) is 38.4. The third-order valence-corrected chi connectivity index (χ3v) is 7.77. The molecule has 12 unspecified atom stereocenters. The summed E-state index contributed by atoms with van der Waals surface area (Å²) in [4.78, 5) is 23.3. The molecule has 2 fully saturated rings. The molecule has 0 saturated carbocycles. The van der Waals surface area contributed by atoms with Crippen LogP contribution in [0.25, 0.3) is 0 Å². The van der Waals surface area contributed by atoms with Crippen LogP contribution < -0.4 is 0 Å². The monoisotopic (exact) mass is 582 g/mol. The summed E-state index contributed by atoms with van der Waals surface area (Å²) >= 11 is 0. The van der Waals surface area contributed by atoms with Crippen molar-refractivity contribution >= 4 is 11.9 Å². The molecule has 40 heavy (non-hydrogen) atoms. The van der Waals surface area contributed by atoms with Crippen LogP contribution in [0.5, 0.6) is 0 Å². The number of hydrogen-bond donors (Lipinski definition) is 8. The van der Waals surface area contributed by atoms with Crippen LogP contribution in [-0.2, 0) is 19.1 Å². The number of aliphatic carboxylic acids is 2. The first-order valence-electron chi connectivity index (χ1n) is 15.2. The van der Waals surface area contributed by atoms with Crippen molar-refractivity contribution in [2.24, 2.45) is 23.7 Å². The van der Waals surface area contributed by atoms with Gasteiger partial charge in [-0.05, 0) is 38.5 Å². The minimum atomic E-state index is -1.58. The van der Waals surface area contributed by atoms with Crippen molar-refractivity contribution in [3.8, 4) is 0 Å². The van der Waals surface area contributed by atoms with Gasteiger partial charge in [0, 0.05) is 27.4 Å². The van der Waals surface area contributed by atoms with E-state index in [4.69, 9.17) is 12.2 Å². The molecule has 2 aliphatic rings. The lowest BCUT2D eigenvalue weighted by Gasteiger charge is -2.46. The molecule has 0 spiro atoms. The largest absolute Gasteiger partial charge is 0.479 e. The molecule has 0 aromatic carbocycles. The van der Waals surface area contributed by atoms with Crippen molar-refractivity contribution in [2.75, 3.05) is 0 Å². The Morgan fingerprint density at radius 2 is 1.05 bits per heavy atom. The van der Waals surface area contributed by atoms with Gasteiger partial charge in [-0.2, -0.15) is 0 Å². The maximum absolute atomic E-state index is 11.7. The molecular weight excluding hydrogens is 528 g/mol. The Labute approximate surface area is 239 Å². The summed E-state index contributed by atoms with van der Waals surface area (Å²) in [5.74, 6) is -3.36. The summed E-state index contributed by atoms with van der Waals surface area (Å²) in [5, 5.41) is 78.8. The second-order valence-electron chi connectivity index (χ2n) is 12.3. The van der Waals surface area contributed by atoms with Gasteiger partial charge in [0.05, 0.1) is 36.6 Å². The Morgan fingerprint density at radius 1 is 0.750 bits per heavy atom. The predicted octanol–water partition coefficient (Wildman–Crippen LogP) is 0.767. The lowest BCUT2D eigenvalue weighted by atomic mass is 9.77. The first-order chi connectivity index (χ1) is 19.3. The smallest absolute Gasteiger partial charge is 0.336 e. The van der Waals surface area contributed by atoms with E-state index in [0.717, 1.165) is 0 Å². The summed E-state index contributed by atoms with van der Waals surface area (Å²) in [5.41, 5.74) is -3.15. The number of rotatable bonds is 10. The molecule has 0 aromatic heterocycles. The second-order valence-corrected chi connectivity index (χ2v) is 12.3. The molecular formula is C28H52O12. The lowest BCUT2D eigenvalue weighted by molar-refractivity contribution is -0.238. The number of carboxylic acid groups (broad SMARTS) is 2. The average Bonchev–Trinajstić information content (AvgIpc) is 2.90. The fourth-order valence-electron chi connectivity index (χ4n) is 5.55. The molecule has 2 rings (SSSR count). The van der Waals surface area contributed by atoms with E-state index in [2.05, 4.69) is 0 Å². The van der Waals surface area contributed by atoms with Crippen LogP contribution >= 0.6 is 0 Å². The Bertz CT molecular complexity index is 795. The first kappa shape index (κ1) is 33.1. The molecule has 0 radical (unpaired) electrons. The van der Waals surface area contributed by atoms with Gasteiger partial charge in [0.2, 0.25) is 0 Å². The van der Waals surface area contributed by atoms with Crippen molar-refractivity contribution in [2.45, 2.75) is 141 Å². The van der Waals surface area contributed by atoms with E-state index < -0.39 is 97.6 Å². The zero-order chi connectivity index (χ0) is 32.7. The molecule has 2 aliphatic heterocycles. The van der Waals surface area contributed by atoms with Crippen molar-refractivity contribution in [1.82, 2.24) is 0 Å². The van der Waals surface area contributed by atoms with Gasteiger partial charge in [-0.15, -0.1) is 0 Å². The fourth-order valence-corrected chi connectivity index (χ4v) is 5.55. The van der Waals surface area contributed by atoms with E-state index in [1.165, 1.54) is 0 Å². The number of aliphatic hydroxyl groups is 6. The van der Waals surface area contributed by atoms with Crippen LogP contribution in [-0.4, -0.2) is 113 Å². The lowest BCUT2D eigenvalue weighted by Crippen LogP contribution is -2.60. The summed E-state index contributed by atoms with van der Waals surface area (Å²) < 4.78 is 25.6. The van der Waals surface area contributed by atoms with Crippen molar-refractivity contribution in [3.63, 3.8) is 0 Å². The van der Waals surface area contributed by atoms with Gasteiger partial charge in [0.25, 0.3) is 0 Å². The van der Waals surface area contributed by atoms with Gasteiger partial charge >= 0.3 is 11.9 Å². The average molecular weight is 583 g/mol. The molecule has 2 saturated heterocycles. The minimum absolute atomic E-state index is 0.0283. The summed E-state index contributed by atoms with van der Waals surface area (Å²) in [6, 6.07) is 0. The topological polar surface area (TPSA) is 214 Å². The number of aliphatic hydroxyl groups excluding tert-OH is 6. The molecule has 0 amide bonds. The third kappa shape index (κ3) is 8.81. The molecule has 236 valence electrons. The SMILES string of the molecule is [2H]CC(O)C(O)C1OC(CC(C)C)(C(=O)O)CC(O)C1C.[2H]CC(O)C(O)C1OC(CC(C)C)(C(=O)O)CC(O)C1C. The quantitative estimate of drug-likeness (QED) is 0.179. The minimum Gasteiger partial charge on any atom is -0.479 e. The van der Waals surface area contributed by atoms with Gasteiger partial charge in [-0.25, -0.2) is 9.59 Å². The van der Waals surface area contributed by atoms with Crippen LogP contribution in [0, 0.1) is 23.7 Å². The molecule has 0 aliphatic carbocycles. The fraction of sp³-hybridized carbons (Fsp3) is 0.929. The number of hydrogen-bond acceptors (Lipinski definition) is 10. The second kappa shape index (κ2) is 14.7. The van der Waals surface area contributed by atoms with Gasteiger partial charge < -0.3 is 50.3 Å². The van der Waals surface area contributed by atoms with E-state index in [9.17, 15) is 50.4 Å². The summed E-state index contributed by atoms with van der Waals surface area (Å²) in [6.07, 6.45) is -9.15. The number of carbonyl (C=O) groups is 2. The van der Waals surface area contributed by atoms with E-state index >= 15 is 0 Å². The van der Waals surface area contributed by atoms with Gasteiger partial charge in [0.1, 0.15) is 12.2 Å². The maximum Gasteiger partial charge on any atom is 0.336 e. The van der Waals surface area contributed by atoms with E-state index in [1.807, 2.05) is 27.7 Å². The van der Waals surface area contributed by atoms with Crippen LogP contribution in [0.15, 0.2) is 0 Å². The number of ether oxygens (including phenoxy) is 2. The number of carboxylic acids is 2. The Hall–Kier alpha value is -1.38. The zero-order valence-corrected chi connectivity index (χ0v) is 24.4. The molecule has 8 N–H and O–H groups in total. The third-order valence-electron chi connectivity index (χ3n) is 7.77. The molecule has 0 aromatic rings. The maximum atomic E-state index is 11.7. The highest BCUT2D eigenvalue weighted by molar-refractivity contribution is 5.78. The molecule has 12 heteroatoms. The predicted molar refractivity (Wildman–Crippen MR) is 144 cm³/mol. The van der Waals surface area contributed by atoms with Crippen LogP contribution in [0.4, 0.5) is 0 Å². The van der Waals surface area contributed by atoms with Gasteiger partial charge in [-0.3, -0.25) is 0 Å². The first-order valence-corrected chi connectivity index (χ1v) is 13.8. The summed E-state index contributed by atoms with van der Waals surface area (Å²) in [6.45, 7) is 9.82. The van der Waals surface area contributed by atoms with E-state index in [-0.39, 0.29) is 37.5 Å². The van der Waals surface area contributed by atoms with Crippen molar-refractivity contribution in [3.05, 3.63) is 0 Å². The molecule has 12 atom stereocenters. The van der Waals surface area contributed by atoms with Crippen LogP contribution in [0.3, 0.4) is 0 Å². The Morgan fingerprint density at radius 3 is 1.27 bits per heavy atom. The highest BCUT2D eigenvalue weighted by Crippen LogP contribution is 2.40. The van der Waals surface area contributed by atoms with Crippen molar-refractivity contribution < 1.29 is 62.7 Å². The Balaban J connectivity index is 0.000000420. The van der Waals surface area contributed by atoms with Crippen LogP contribution in [0.1, 0.15) is 83.8 Å². The van der Waals surface area contributed by atoms with E-state index in [1.54, 1.807) is 13.8 Å². The van der Waals surface area contributed by atoms with E-state index in [0.29, 0.717) is 0 Å². The molecule has 12 nitrogen and oxygen atoms in total. The van der Waals surface area contributed by atoms with Gasteiger partial charge in [-0.1, -0.05) is 41.5 Å².